The predicted octanol–water partition coefficient (Wildman–Crippen LogP) is 2.98. The largest absolute Gasteiger partial charge is 0.493 e. The standard InChI is InChI=1S/C25H30N4O5/c1-17-13-18(28-9-11-34-12-10-28)6-7-20(17)27-24(30)5-4-8-29-16-26-21-15-23(33-3)22(32-2)14-19(21)25(29)31/h6-7,13-16H,4-5,8-12H2,1-3H3,(H,27,30). The lowest BCUT2D eigenvalue weighted by Crippen LogP contribution is -2.36. The van der Waals surface area contributed by atoms with Crippen LogP contribution in [0.2, 0.25) is 0 Å². The summed E-state index contributed by atoms with van der Waals surface area (Å²) in [4.78, 5) is 32.1. The number of fused-ring (bicyclic) bond motifs is 1. The van der Waals surface area contributed by atoms with Crippen molar-refractivity contribution >= 4 is 28.2 Å². The highest BCUT2D eigenvalue weighted by Gasteiger charge is 2.14. The van der Waals surface area contributed by atoms with Gasteiger partial charge in [-0.25, -0.2) is 4.98 Å². The highest BCUT2D eigenvalue weighted by Crippen LogP contribution is 2.30. The van der Waals surface area contributed by atoms with Crippen molar-refractivity contribution in [2.45, 2.75) is 26.3 Å². The van der Waals surface area contributed by atoms with E-state index in [2.05, 4.69) is 21.3 Å². The first-order chi connectivity index (χ1) is 16.5. The van der Waals surface area contributed by atoms with E-state index in [0.717, 1.165) is 43.2 Å². The zero-order valence-electron chi connectivity index (χ0n) is 19.8. The molecule has 3 aromatic rings. The summed E-state index contributed by atoms with van der Waals surface area (Å²) in [5.41, 5.74) is 3.30. The summed E-state index contributed by atoms with van der Waals surface area (Å²) in [5, 5.41) is 3.43. The fraction of sp³-hybridized carbons (Fsp3) is 0.400. The van der Waals surface area contributed by atoms with Crippen LogP contribution in [0.4, 0.5) is 11.4 Å². The zero-order chi connectivity index (χ0) is 24.1. The number of morpholine rings is 1. The lowest BCUT2D eigenvalue weighted by Gasteiger charge is -2.29. The number of nitrogens with zero attached hydrogens (tertiary/aromatic N) is 3. The number of methoxy groups -OCH3 is 2. The van der Waals surface area contributed by atoms with Gasteiger partial charge in [0.25, 0.3) is 5.56 Å². The number of ether oxygens (including phenoxy) is 3. The van der Waals surface area contributed by atoms with Crippen LogP contribution in [-0.4, -0.2) is 56.0 Å². The number of hydrogen-bond donors (Lipinski definition) is 1. The van der Waals surface area contributed by atoms with Crippen molar-refractivity contribution < 1.29 is 19.0 Å². The number of anilines is 2. The molecule has 1 saturated heterocycles. The second-order valence-corrected chi connectivity index (χ2v) is 8.22. The fourth-order valence-electron chi connectivity index (χ4n) is 4.07. The fourth-order valence-corrected chi connectivity index (χ4v) is 4.07. The third-order valence-corrected chi connectivity index (χ3v) is 5.99. The van der Waals surface area contributed by atoms with Gasteiger partial charge < -0.3 is 24.4 Å². The summed E-state index contributed by atoms with van der Waals surface area (Å²) in [6, 6.07) is 9.37. The molecular weight excluding hydrogens is 436 g/mol. The van der Waals surface area contributed by atoms with Gasteiger partial charge in [0.05, 0.1) is 44.7 Å². The molecular formula is C25H30N4O5. The number of aryl methyl sites for hydroxylation is 2. The van der Waals surface area contributed by atoms with Crippen molar-refractivity contribution in [1.29, 1.82) is 0 Å². The van der Waals surface area contributed by atoms with Crippen molar-refractivity contribution in [3.63, 3.8) is 0 Å². The van der Waals surface area contributed by atoms with Crippen LogP contribution >= 0.6 is 0 Å². The van der Waals surface area contributed by atoms with Crippen molar-refractivity contribution in [1.82, 2.24) is 9.55 Å². The van der Waals surface area contributed by atoms with Gasteiger partial charge in [-0.1, -0.05) is 0 Å². The number of carbonyl (C=O) groups excluding carboxylic acids is 1. The van der Waals surface area contributed by atoms with Crippen molar-refractivity contribution in [3.05, 3.63) is 52.6 Å². The minimum absolute atomic E-state index is 0.0876. The zero-order valence-corrected chi connectivity index (χ0v) is 19.8. The van der Waals surface area contributed by atoms with Gasteiger partial charge in [0.2, 0.25) is 5.91 Å². The molecule has 0 radical (unpaired) electrons. The highest BCUT2D eigenvalue weighted by atomic mass is 16.5. The molecule has 0 aliphatic carbocycles. The Bertz CT molecular complexity index is 1230. The average Bonchev–Trinajstić information content (AvgIpc) is 2.86. The number of carbonyl (C=O) groups is 1. The molecule has 0 unspecified atom stereocenters. The SMILES string of the molecule is COc1cc2ncn(CCCC(=O)Nc3ccc(N4CCOCC4)cc3C)c(=O)c2cc1OC. The maximum absolute atomic E-state index is 12.9. The van der Waals surface area contributed by atoms with Gasteiger partial charge in [0.15, 0.2) is 11.5 Å². The van der Waals surface area contributed by atoms with Crippen LogP contribution in [0.3, 0.4) is 0 Å². The number of amides is 1. The number of rotatable bonds is 8. The van der Waals surface area contributed by atoms with Crippen LogP contribution < -0.4 is 25.2 Å². The highest BCUT2D eigenvalue weighted by molar-refractivity contribution is 5.91. The quantitative estimate of drug-likeness (QED) is 0.545. The molecule has 1 aliphatic rings. The Hall–Kier alpha value is -3.59. The summed E-state index contributed by atoms with van der Waals surface area (Å²) >= 11 is 0. The van der Waals surface area contributed by atoms with Crippen LogP contribution in [-0.2, 0) is 16.1 Å². The Morgan fingerprint density at radius 3 is 2.56 bits per heavy atom. The molecule has 1 amide bonds. The van der Waals surface area contributed by atoms with Crippen LogP contribution in [0.25, 0.3) is 10.9 Å². The van der Waals surface area contributed by atoms with Crippen LogP contribution in [0, 0.1) is 6.92 Å². The van der Waals surface area contributed by atoms with Gasteiger partial charge in [-0.05, 0) is 43.2 Å². The van der Waals surface area contributed by atoms with Gasteiger partial charge in [-0.2, -0.15) is 0 Å². The number of aromatic nitrogens is 2. The normalized spacial score (nSPS) is 13.7. The minimum atomic E-state index is -0.180. The van der Waals surface area contributed by atoms with Crippen molar-refractivity contribution in [2.24, 2.45) is 0 Å². The van der Waals surface area contributed by atoms with Crippen LogP contribution in [0.5, 0.6) is 11.5 Å². The van der Waals surface area contributed by atoms with Gasteiger partial charge >= 0.3 is 0 Å². The summed E-state index contributed by atoms with van der Waals surface area (Å²) in [5.74, 6) is 0.904. The van der Waals surface area contributed by atoms with E-state index < -0.39 is 0 Å². The Kier molecular flexibility index (Phi) is 7.32. The molecule has 34 heavy (non-hydrogen) atoms. The Morgan fingerprint density at radius 2 is 1.85 bits per heavy atom. The lowest BCUT2D eigenvalue weighted by atomic mass is 10.1. The summed E-state index contributed by atoms with van der Waals surface area (Å²) < 4.78 is 17.5. The molecule has 9 nitrogen and oxygen atoms in total. The Morgan fingerprint density at radius 1 is 1.12 bits per heavy atom. The molecule has 0 atom stereocenters. The van der Waals surface area contributed by atoms with Gasteiger partial charge in [-0.15, -0.1) is 0 Å². The molecule has 4 rings (SSSR count). The smallest absolute Gasteiger partial charge is 0.261 e. The Labute approximate surface area is 198 Å². The molecule has 0 saturated carbocycles. The van der Waals surface area contributed by atoms with E-state index >= 15 is 0 Å². The Balaban J connectivity index is 1.36. The van der Waals surface area contributed by atoms with E-state index in [9.17, 15) is 9.59 Å². The van der Waals surface area contributed by atoms with E-state index in [-0.39, 0.29) is 11.5 Å². The third kappa shape index (κ3) is 5.14. The topological polar surface area (TPSA) is 94.9 Å². The maximum atomic E-state index is 12.9. The molecule has 2 aromatic carbocycles. The van der Waals surface area contributed by atoms with E-state index in [1.807, 2.05) is 19.1 Å². The first-order valence-corrected chi connectivity index (χ1v) is 11.3. The lowest BCUT2D eigenvalue weighted by molar-refractivity contribution is -0.116. The molecule has 1 aromatic heterocycles. The van der Waals surface area contributed by atoms with Gasteiger partial charge in [-0.3, -0.25) is 14.2 Å². The summed E-state index contributed by atoms with van der Waals surface area (Å²) in [6.45, 7) is 5.58. The summed E-state index contributed by atoms with van der Waals surface area (Å²) in [6.07, 6.45) is 2.31. The second-order valence-electron chi connectivity index (χ2n) is 8.22. The van der Waals surface area contributed by atoms with Gasteiger partial charge in [0, 0.05) is 43.5 Å². The maximum Gasteiger partial charge on any atom is 0.261 e. The third-order valence-electron chi connectivity index (χ3n) is 5.99. The molecule has 1 aliphatic heterocycles. The molecule has 180 valence electrons. The van der Waals surface area contributed by atoms with Crippen LogP contribution in [0.15, 0.2) is 41.5 Å². The molecule has 1 fully saturated rings. The van der Waals surface area contributed by atoms with Gasteiger partial charge in [0.1, 0.15) is 0 Å². The van der Waals surface area contributed by atoms with Crippen molar-refractivity contribution in [3.8, 4) is 11.5 Å². The molecule has 1 N–H and O–H groups in total. The van der Waals surface area contributed by atoms with E-state index in [4.69, 9.17) is 14.2 Å². The first-order valence-electron chi connectivity index (χ1n) is 11.3. The number of nitrogens with one attached hydrogen (secondary N) is 1. The van der Waals surface area contributed by atoms with E-state index in [1.165, 1.54) is 25.1 Å². The van der Waals surface area contributed by atoms with E-state index in [1.54, 1.807) is 12.1 Å². The molecule has 0 bridgehead atoms. The molecule has 0 spiro atoms. The first kappa shape index (κ1) is 23.6. The van der Waals surface area contributed by atoms with Crippen LogP contribution in [0.1, 0.15) is 18.4 Å². The second kappa shape index (κ2) is 10.6. The summed E-state index contributed by atoms with van der Waals surface area (Å²) in [7, 11) is 3.06. The minimum Gasteiger partial charge on any atom is -0.493 e. The number of benzene rings is 2. The van der Waals surface area contributed by atoms with E-state index in [0.29, 0.717) is 41.8 Å². The molecule has 9 heteroatoms. The average molecular weight is 467 g/mol. The molecule has 2 heterocycles. The predicted molar refractivity (Wildman–Crippen MR) is 131 cm³/mol. The van der Waals surface area contributed by atoms with Crippen molar-refractivity contribution in [2.75, 3.05) is 50.7 Å². The number of hydrogen-bond acceptors (Lipinski definition) is 7. The monoisotopic (exact) mass is 466 g/mol.